The van der Waals surface area contributed by atoms with Crippen LogP contribution in [-0.4, -0.2) is 22.8 Å². The van der Waals surface area contributed by atoms with Gasteiger partial charge in [0.25, 0.3) is 0 Å². The highest BCUT2D eigenvalue weighted by Crippen LogP contribution is 2.33. The molecule has 1 N–H and O–H groups in total. The van der Waals surface area contributed by atoms with Crippen LogP contribution in [0.5, 0.6) is 11.5 Å². The number of halogens is 1. The standard InChI is InChI=1S/C27H24ClNO5/c1-2-32-26-15-21(28)9-12-23(26)19-5-3-18(4-6-19)17-33-22-10-7-20(8-11-22)24(16-27(30)31)25-13-14-34-29-25/h3-15,24H,2,16-17H2,1H3,(H,30,31). The maximum atomic E-state index is 11.3. The minimum absolute atomic E-state index is 0.0717. The third-order valence-electron chi connectivity index (χ3n) is 5.39. The van der Waals surface area contributed by atoms with Gasteiger partial charge in [0.1, 0.15) is 24.4 Å². The van der Waals surface area contributed by atoms with Crippen molar-refractivity contribution in [3.63, 3.8) is 0 Å². The summed E-state index contributed by atoms with van der Waals surface area (Å²) in [4.78, 5) is 11.3. The average molecular weight is 478 g/mol. The van der Waals surface area contributed by atoms with Gasteiger partial charge in [-0.2, -0.15) is 0 Å². The summed E-state index contributed by atoms with van der Waals surface area (Å²) in [6, 6.07) is 22.8. The number of aromatic nitrogens is 1. The van der Waals surface area contributed by atoms with Gasteiger partial charge in [-0.05, 0) is 53.9 Å². The molecule has 0 saturated heterocycles. The lowest BCUT2D eigenvalue weighted by molar-refractivity contribution is -0.137. The van der Waals surface area contributed by atoms with Crippen LogP contribution >= 0.6 is 11.6 Å². The number of ether oxygens (including phenoxy) is 2. The predicted octanol–water partition coefficient (Wildman–Crippen LogP) is 6.58. The normalized spacial score (nSPS) is 11.7. The summed E-state index contributed by atoms with van der Waals surface area (Å²) in [6.45, 7) is 2.91. The Morgan fingerprint density at radius 1 is 1.03 bits per heavy atom. The van der Waals surface area contributed by atoms with Crippen molar-refractivity contribution in [1.29, 1.82) is 0 Å². The maximum absolute atomic E-state index is 11.3. The van der Waals surface area contributed by atoms with Crippen molar-refractivity contribution in [2.45, 2.75) is 25.9 Å². The first-order chi connectivity index (χ1) is 16.5. The van der Waals surface area contributed by atoms with Gasteiger partial charge in [0, 0.05) is 22.6 Å². The van der Waals surface area contributed by atoms with Crippen LogP contribution in [0.3, 0.4) is 0 Å². The highest BCUT2D eigenvalue weighted by Gasteiger charge is 2.20. The van der Waals surface area contributed by atoms with Gasteiger partial charge in [-0.25, -0.2) is 0 Å². The minimum atomic E-state index is -0.899. The zero-order valence-corrected chi connectivity index (χ0v) is 19.4. The Hall–Kier alpha value is -3.77. The molecule has 4 rings (SSSR count). The van der Waals surface area contributed by atoms with E-state index in [-0.39, 0.29) is 12.3 Å². The molecule has 4 aromatic rings. The molecule has 0 spiro atoms. The van der Waals surface area contributed by atoms with E-state index >= 15 is 0 Å². The van der Waals surface area contributed by atoms with Gasteiger partial charge >= 0.3 is 5.97 Å². The van der Waals surface area contributed by atoms with Gasteiger partial charge in [0.05, 0.1) is 18.7 Å². The molecule has 1 heterocycles. The van der Waals surface area contributed by atoms with Crippen molar-refractivity contribution in [2.75, 3.05) is 6.61 Å². The summed E-state index contributed by atoms with van der Waals surface area (Å²) in [6.07, 6.45) is 1.37. The van der Waals surface area contributed by atoms with Crippen LogP contribution < -0.4 is 9.47 Å². The molecule has 7 heteroatoms. The average Bonchev–Trinajstić information content (AvgIpc) is 3.37. The molecule has 1 atom stereocenters. The number of carboxylic acid groups (broad SMARTS) is 1. The second-order valence-corrected chi connectivity index (χ2v) is 8.14. The summed E-state index contributed by atoms with van der Waals surface area (Å²) < 4.78 is 16.5. The highest BCUT2D eigenvalue weighted by molar-refractivity contribution is 6.30. The van der Waals surface area contributed by atoms with Crippen LogP contribution in [0.1, 0.15) is 36.1 Å². The van der Waals surface area contributed by atoms with E-state index in [0.717, 1.165) is 28.0 Å². The van der Waals surface area contributed by atoms with E-state index < -0.39 is 5.97 Å². The molecule has 1 aromatic heterocycles. The SMILES string of the molecule is CCOc1cc(Cl)ccc1-c1ccc(COc2ccc(C(CC(=O)O)c3ccon3)cc2)cc1. The lowest BCUT2D eigenvalue weighted by Crippen LogP contribution is -2.08. The van der Waals surface area contributed by atoms with Crippen molar-refractivity contribution in [1.82, 2.24) is 5.16 Å². The van der Waals surface area contributed by atoms with E-state index in [2.05, 4.69) is 5.16 Å². The molecular formula is C27H24ClNO5. The highest BCUT2D eigenvalue weighted by atomic mass is 35.5. The second-order valence-electron chi connectivity index (χ2n) is 7.70. The summed E-state index contributed by atoms with van der Waals surface area (Å²) in [7, 11) is 0. The Balaban J connectivity index is 1.42. The van der Waals surface area contributed by atoms with Gasteiger partial charge < -0.3 is 19.1 Å². The zero-order valence-electron chi connectivity index (χ0n) is 18.6. The van der Waals surface area contributed by atoms with Crippen molar-refractivity contribution < 1.29 is 23.9 Å². The molecule has 1 unspecified atom stereocenters. The van der Waals surface area contributed by atoms with Crippen LogP contribution in [0.15, 0.2) is 83.6 Å². The fraction of sp³-hybridized carbons (Fsp3) is 0.185. The largest absolute Gasteiger partial charge is 0.493 e. The van der Waals surface area contributed by atoms with Gasteiger partial charge in [-0.15, -0.1) is 0 Å². The molecule has 3 aromatic carbocycles. The van der Waals surface area contributed by atoms with Crippen LogP contribution in [0, 0.1) is 0 Å². The Morgan fingerprint density at radius 3 is 2.44 bits per heavy atom. The number of benzene rings is 3. The van der Waals surface area contributed by atoms with Crippen molar-refractivity contribution in [3.8, 4) is 22.6 Å². The molecular weight excluding hydrogens is 454 g/mol. The van der Waals surface area contributed by atoms with E-state index in [9.17, 15) is 9.90 Å². The molecule has 0 aliphatic rings. The van der Waals surface area contributed by atoms with Gasteiger partial charge in [0.15, 0.2) is 0 Å². The van der Waals surface area contributed by atoms with Gasteiger partial charge in [0.2, 0.25) is 0 Å². The Labute approximate surface area is 202 Å². The molecule has 0 fully saturated rings. The van der Waals surface area contributed by atoms with Crippen LogP contribution in [0.25, 0.3) is 11.1 Å². The van der Waals surface area contributed by atoms with Crippen LogP contribution in [0.2, 0.25) is 5.02 Å². The smallest absolute Gasteiger partial charge is 0.304 e. The molecule has 34 heavy (non-hydrogen) atoms. The first kappa shape index (κ1) is 23.4. The first-order valence-corrected chi connectivity index (χ1v) is 11.3. The zero-order chi connectivity index (χ0) is 23.9. The lowest BCUT2D eigenvalue weighted by Gasteiger charge is -2.14. The first-order valence-electron chi connectivity index (χ1n) is 10.9. The minimum Gasteiger partial charge on any atom is -0.493 e. The molecule has 174 valence electrons. The van der Waals surface area contributed by atoms with Crippen LogP contribution in [0.4, 0.5) is 0 Å². The van der Waals surface area contributed by atoms with E-state index in [4.69, 9.17) is 25.6 Å². The molecule has 0 saturated carbocycles. The van der Waals surface area contributed by atoms with E-state index in [0.29, 0.717) is 29.7 Å². The third-order valence-corrected chi connectivity index (χ3v) is 5.63. The molecule has 0 bridgehead atoms. The summed E-state index contributed by atoms with van der Waals surface area (Å²) in [5, 5.41) is 13.8. The number of hydrogen-bond acceptors (Lipinski definition) is 5. The molecule has 0 aliphatic carbocycles. The Bertz CT molecular complexity index is 1220. The number of carboxylic acids is 1. The second kappa shape index (κ2) is 10.9. The van der Waals surface area contributed by atoms with Crippen LogP contribution in [-0.2, 0) is 11.4 Å². The number of carbonyl (C=O) groups is 1. The quantitative estimate of drug-likeness (QED) is 0.278. The molecule has 0 amide bonds. The van der Waals surface area contributed by atoms with Crippen molar-refractivity contribution in [3.05, 3.63) is 101 Å². The Morgan fingerprint density at radius 2 is 1.79 bits per heavy atom. The number of nitrogens with zero attached hydrogens (tertiary/aromatic N) is 1. The van der Waals surface area contributed by atoms with E-state index in [1.54, 1.807) is 6.07 Å². The van der Waals surface area contributed by atoms with Gasteiger partial charge in [-0.1, -0.05) is 53.2 Å². The number of rotatable bonds is 10. The summed E-state index contributed by atoms with van der Waals surface area (Å²) >= 11 is 6.11. The monoisotopic (exact) mass is 477 g/mol. The third kappa shape index (κ3) is 5.77. The molecule has 0 radical (unpaired) electrons. The maximum Gasteiger partial charge on any atom is 0.304 e. The van der Waals surface area contributed by atoms with E-state index in [1.165, 1.54) is 6.26 Å². The number of hydrogen-bond donors (Lipinski definition) is 1. The van der Waals surface area contributed by atoms with Crippen molar-refractivity contribution >= 4 is 17.6 Å². The predicted molar refractivity (Wildman–Crippen MR) is 129 cm³/mol. The van der Waals surface area contributed by atoms with E-state index in [1.807, 2.05) is 73.7 Å². The fourth-order valence-electron chi connectivity index (χ4n) is 3.72. The fourth-order valence-corrected chi connectivity index (χ4v) is 3.88. The lowest BCUT2D eigenvalue weighted by atomic mass is 9.92. The Kier molecular flexibility index (Phi) is 7.50. The molecule has 6 nitrogen and oxygen atoms in total. The van der Waals surface area contributed by atoms with Gasteiger partial charge in [-0.3, -0.25) is 4.79 Å². The topological polar surface area (TPSA) is 81.8 Å². The summed E-state index contributed by atoms with van der Waals surface area (Å²) in [5.74, 6) is 0.167. The summed E-state index contributed by atoms with van der Waals surface area (Å²) in [5.41, 5.74) is 4.46. The van der Waals surface area contributed by atoms with Crippen molar-refractivity contribution in [2.24, 2.45) is 0 Å². The molecule has 0 aliphatic heterocycles. The number of aliphatic carboxylic acids is 1.